The summed E-state index contributed by atoms with van der Waals surface area (Å²) in [5.41, 5.74) is 0.869. The molecule has 1 aromatic rings. The minimum atomic E-state index is -0.150. The van der Waals surface area contributed by atoms with Gasteiger partial charge >= 0.3 is 0 Å². The number of phenols is 1. The Hall–Kier alpha value is -0.770. The normalized spacial score (nSPS) is 13.1. The summed E-state index contributed by atoms with van der Waals surface area (Å²) in [4.78, 5) is 0. The molecule has 1 aromatic carbocycles. The highest BCUT2D eigenvalue weighted by Crippen LogP contribution is 2.26. The van der Waals surface area contributed by atoms with Gasteiger partial charge in [-0.25, -0.2) is 0 Å². The Morgan fingerprint density at radius 2 is 2.07 bits per heavy atom. The number of halogens is 1. The van der Waals surface area contributed by atoms with Crippen LogP contribution in [0.5, 0.6) is 5.75 Å². The number of aliphatic hydroxyl groups is 1. The number of nitrogens with one attached hydrogen (secondary N) is 1. The van der Waals surface area contributed by atoms with Crippen molar-refractivity contribution in [1.82, 2.24) is 5.32 Å². The van der Waals surface area contributed by atoms with E-state index in [0.717, 1.165) is 5.56 Å². The molecule has 4 heteroatoms. The van der Waals surface area contributed by atoms with E-state index in [-0.39, 0.29) is 24.4 Å². The molecular formula is C11H16ClNO2. The van der Waals surface area contributed by atoms with Crippen LogP contribution in [0.3, 0.4) is 0 Å². The van der Waals surface area contributed by atoms with E-state index < -0.39 is 0 Å². The van der Waals surface area contributed by atoms with Crippen LogP contribution in [-0.4, -0.2) is 22.9 Å². The fourth-order valence-corrected chi connectivity index (χ4v) is 1.59. The van der Waals surface area contributed by atoms with Gasteiger partial charge in [0.15, 0.2) is 0 Å². The van der Waals surface area contributed by atoms with Gasteiger partial charge in [-0.15, -0.1) is 0 Å². The second kappa shape index (κ2) is 5.35. The van der Waals surface area contributed by atoms with Crippen LogP contribution in [0.15, 0.2) is 18.2 Å². The van der Waals surface area contributed by atoms with Crippen LogP contribution >= 0.6 is 11.6 Å². The molecule has 0 fully saturated rings. The van der Waals surface area contributed by atoms with E-state index in [2.05, 4.69) is 5.32 Å². The van der Waals surface area contributed by atoms with Gasteiger partial charge in [0, 0.05) is 6.04 Å². The highest BCUT2D eigenvalue weighted by molar-refractivity contribution is 6.32. The minimum absolute atomic E-state index is 0.000710. The molecule has 1 atom stereocenters. The number of benzene rings is 1. The third-order valence-electron chi connectivity index (χ3n) is 2.09. The van der Waals surface area contributed by atoms with E-state index >= 15 is 0 Å². The molecule has 1 rings (SSSR count). The first-order valence-corrected chi connectivity index (χ1v) is 5.27. The molecule has 0 radical (unpaired) electrons. The molecule has 3 nitrogen and oxygen atoms in total. The number of phenolic OH excluding ortho intramolecular Hbond substituents is 1. The van der Waals surface area contributed by atoms with Gasteiger partial charge in [0.1, 0.15) is 5.75 Å². The summed E-state index contributed by atoms with van der Waals surface area (Å²) in [7, 11) is 0. The van der Waals surface area contributed by atoms with Crippen molar-refractivity contribution >= 4 is 11.6 Å². The maximum atomic E-state index is 9.27. The lowest BCUT2D eigenvalue weighted by atomic mass is 10.1. The van der Waals surface area contributed by atoms with Crippen molar-refractivity contribution in [2.75, 3.05) is 6.61 Å². The molecule has 0 saturated carbocycles. The summed E-state index contributed by atoms with van der Waals surface area (Å²) in [5, 5.41) is 22.0. The van der Waals surface area contributed by atoms with Crippen molar-refractivity contribution in [2.45, 2.75) is 25.9 Å². The van der Waals surface area contributed by atoms with Gasteiger partial charge in [-0.1, -0.05) is 31.5 Å². The van der Waals surface area contributed by atoms with Crippen molar-refractivity contribution in [1.29, 1.82) is 0 Å². The van der Waals surface area contributed by atoms with Gasteiger partial charge in [-0.05, 0) is 17.7 Å². The van der Waals surface area contributed by atoms with Gasteiger partial charge in [0.2, 0.25) is 0 Å². The predicted molar refractivity (Wildman–Crippen MR) is 61.2 cm³/mol. The highest BCUT2D eigenvalue weighted by Gasteiger charge is 2.12. The van der Waals surface area contributed by atoms with Gasteiger partial charge in [0.05, 0.1) is 17.7 Å². The summed E-state index contributed by atoms with van der Waals surface area (Å²) in [6.07, 6.45) is 0. The largest absolute Gasteiger partial charge is 0.506 e. The molecular weight excluding hydrogens is 214 g/mol. The van der Waals surface area contributed by atoms with E-state index in [1.54, 1.807) is 12.1 Å². The summed E-state index contributed by atoms with van der Waals surface area (Å²) in [6.45, 7) is 4.01. The molecule has 0 aliphatic rings. The molecule has 0 amide bonds. The molecule has 1 unspecified atom stereocenters. The molecule has 0 saturated heterocycles. The van der Waals surface area contributed by atoms with Gasteiger partial charge in [-0.2, -0.15) is 0 Å². The fourth-order valence-electron chi connectivity index (χ4n) is 1.40. The summed E-state index contributed by atoms with van der Waals surface area (Å²) in [5.74, 6) is 0.0571. The van der Waals surface area contributed by atoms with Gasteiger partial charge < -0.3 is 15.5 Å². The summed E-state index contributed by atoms with van der Waals surface area (Å²) in [6, 6.07) is 5.06. The second-order valence-corrected chi connectivity index (χ2v) is 4.17. The standard InChI is InChI=1S/C11H16ClNO2/c1-7(2)13-10(6-14)8-3-4-11(15)9(12)5-8/h3-5,7,10,13-15H,6H2,1-2H3. The lowest BCUT2D eigenvalue weighted by Crippen LogP contribution is -2.30. The summed E-state index contributed by atoms with van der Waals surface area (Å²) < 4.78 is 0. The number of rotatable bonds is 4. The van der Waals surface area contributed by atoms with Crippen molar-refractivity contribution < 1.29 is 10.2 Å². The number of hydrogen-bond donors (Lipinski definition) is 3. The van der Waals surface area contributed by atoms with E-state index in [9.17, 15) is 10.2 Å². The average molecular weight is 230 g/mol. The number of aliphatic hydroxyl groups excluding tert-OH is 1. The van der Waals surface area contributed by atoms with E-state index in [0.29, 0.717) is 5.02 Å². The molecule has 0 bridgehead atoms. The zero-order valence-corrected chi connectivity index (χ0v) is 9.62. The molecule has 0 aromatic heterocycles. The maximum absolute atomic E-state index is 9.27. The van der Waals surface area contributed by atoms with Crippen LogP contribution in [0.4, 0.5) is 0 Å². The lowest BCUT2D eigenvalue weighted by molar-refractivity contribution is 0.237. The minimum Gasteiger partial charge on any atom is -0.506 e. The molecule has 84 valence electrons. The zero-order valence-electron chi connectivity index (χ0n) is 8.87. The monoisotopic (exact) mass is 229 g/mol. The van der Waals surface area contributed by atoms with Crippen LogP contribution < -0.4 is 5.32 Å². The number of aromatic hydroxyl groups is 1. The Morgan fingerprint density at radius 3 is 2.53 bits per heavy atom. The molecule has 15 heavy (non-hydrogen) atoms. The van der Waals surface area contributed by atoms with Crippen LogP contribution in [0.25, 0.3) is 0 Å². The fraction of sp³-hybridized carbons (Fsp3) is 0.455. The predicted octanol–water partition coefficient (Wildman–Crippen LogP) is 2.08. The van der Waals surface area contributed by atoms with Gasteiger partial charge in [-0.3, -0.25) is 0 Å². The van der Waals surface area contributed by atoms with Crippen molar-refractivity contribution in [3.63, 3.8) is 0 Å². The highest BCUT2D eigenvalue weighted by atomic mass is 35.5. The molecule has 0 spiro atoms. The van der Waals surface area contributed by atoms with Gasteiger partial charge in [0.25, 0.3) is 0 Å². The Morgan fingerprint density at radius 1 is 1.40 bits per heavy atom. The molecule has 0 heterocycles. The Balaban J connectivity index is 2.87. The van der Waals surface area contributed by atoms with Crippen LogP contribution in [0.2, 0.25) is 5.02 Å². The molecule has 0 aliphatic heterocycles. The SMILES string of the molecule is CC(C)NC(CO)c1ccc(O)c(Cl)c1. The van der Waals surface area contributed by atoms with E-state index in [4.69, 9.17) is 11.6 Å². The lowest BCUT2D eigenvalue weighted by Gasteiger charge is -2.19. The quantitative estimate of drug-likeness (QED) is 0.741. The molecule has 0 aliphatic carbocycles. The van der Waals surface area contributed by atoms with Crippen molar-refractivity contribution in [3.8, 4) is 5.75 Å². The first-order valence-electron chi connectivity index (χ1n) is 4.90. The van der Waals surface area contributed by atoms with E-state index in [1.807, 2.05) is 13.8 Å². The van der Waals surface area contributed by atoms with Crippen molar-refractivity contribution in [2.24, 2.45) is 0 Å². The maximum Gasteiger partial charge on any atom is 0.134 e. The Kier molecular flexibility index (Phi) is 4.39. The molecule has 3 N–H and O–H groups in total. The van der Waals surface area contributed by atoms with Crippen LogP contribution in [0, 0.1) is 0 Å². The third-order valence-corrected chi connectivity index (χ3v) is 2.39. The van der Waals surface area contributed by atoms with Crippen LogP contribution in [0.1, 0.15) is 25.5 Å². The Bertz CT molecular complexity index is 328. The smallest absolute Gasteiger partial charge is 0.134 e. The van der Waals surface area contributed by atoms with E-state index in [1.165, 1.54) is 6.07 Å². The second-order valence-electron chi connectivity index (χ2n) is 3.77. The Labute approximate surface area is 94.7 Å². The number of hydrogen-bond acceptors (Lipinski definition) is 3. The third kappa shape index (κ3) is 3.38. The topological polar surface area (TPSA) is 52.5 Å². The summed E-state index contributed by atoms with van der Waals surface area (Å²) >= 11 is 5.79. The first-order chi connectivity index (χ1) is 7.04. The zero-order chi connectivity index (χ0) is 11.4. The van der Waals surface area contributed by atoms with Crippen molar-refractivity contribution in [3.05, 3.63) is 28.8 Å². The van der Waals surface area contributed by atoms with Crippen LogP contribution in [-0.2, 0) is 0 Å². The average Bonchev–Trinajstić information content (AvgIpc) is 2.18. The first kappa shape index (κ1) is 12.3.